The van der Waals surface area contributed by atoms with E-state index in [0.29, 0.717) is 11.8 Å². The minimum atomic E-state index is 0.547. The van der Waals surface area contributed by atoms with Crippen LogP contribution in [-0.4, -0.2) is 4.98 Å². The van der Waals surface area contributed by atoms with E-state index >= 15 is 0 Å². The van der Waals surface area contributed by atoms with Crippen molar-refractivity contribution in [3.05, 3.63) is 46.1 Å². The highest BCUT2D eigenvalue weighted by molar-refractivity contribution is 6.31. The first-order chi connectivity index (χ1) is 10.2. The Balaban J connectivity index is 1.92. The van der Waals surface area contributed by atoms with Crippen LogP contribution in [0.1, 0.15) is 43.4 Å². The molecule has 1 heterocycles. The molecular formula is C18H19ClN2. The summed E-state index contributed by atoms with van der Waals surface area (Å²) in [6.07, 6.45) is 7.01. The second-order valence-corrected chi connectivity index (χ2v) is 6.76. The normalized spacial score (nSPS) is 23.8. The predicted octanol–water partition coefficient (Wildman–Crippen LogP) is 4.86. The molecule has 0 unspecified atom stereocenters. The molecule has 1 aromatic carbocycles. The van der Waals surface area contributed by atoms with Crippen molar-refractivity contribution in [1.82, 2.24) is 4.98 Å². The molecule has 2 nitrogen and oxygen atoms in total. The van der Waals surface area contributed by atoms with E-state index in [0.717, 1.165) is 40.9 Å². The number of pyridine rings is 1. The molecule has 0 saturated carbocycles. The Labute approximate surface area is 130 Å². The van der Waals surface area contributed by atoms with Gasteiger partial charge in [0, 0.05) is 27.4 Å². The van der Waals surface area contributed by atoms with Crippen LogP contribution in [0.3, 0.4) is 0 Å². The molecule has 21 heavy (non-hydrogen) atoms. The zero-order valence-electron chi connectivity index (χ0n) is 12.2. The molecule has 2 N–H and O–H groups in total. The van der Waals surface area contributed by atoms with Crippen molar-refractivity contribution in [2.45, 2.75) is 38.5 Å². The van der Waals surface area contributed by atoms with Gasteiger partial charge < -0.3 is 5.73 Å². The van der Waals surface area contributed by atoms with Gasteiger partial charge in [-0.05, 0) is 55.7 Å². The summed E-state index contributed by atoms with van der Waals surface area (Å²) in [4.78, 5) is 4.88. The fraction of sp³-hybridized carbons (Fsp3) is 0.389. The van der Waals surface area contributed by atoms with Gasteiger partial charge in [-0.2, -0.15) is 0 Å². The largest absolute Gasteiger partial charge is 0.398 e. The van der Waals surface area contributed by atoms with Crippen LogP contribution in [0.25, 0.3) is 10.9 Å². The minimum Gasteiger partial charge on any atom is -0.398 e. The molecule has 0 aliphatic heterocycles. The molecule has 0 radical (unpaired) electrons. The monoisotopic (exact) mass is 298 g/mol. The average Bonchev–Trinajstić information content (AvgIpc) is 2.46. The molecule has 0 saturated heterocycles. The van der Waals surface area contributed by atoms with Gasteiger partial charge in [0.1, 0.15) is 0 Å². The number of benzene rings is 1. The Bertz CT molecular complexity index is 763. The minimum absolute atomic E-state index is 0.547. The summed E-state index contributed by atoms with van der Waals surface area (Å²) in [6.45, 7) is 2.25. The molecule has 108 valence electrons. The molecule has 2 bridgehead atoms. The van der Waals surface area contributed by atoms with Crippen molar-refractivity contribution in [3.8, 4) is 0 Å². The van der Waals surface area contributed by atoms with Gasteiger partial charge in [-0.15, -0.1) is 0 Å². The lowest BCUT2D eigenvalue weighted by Crippen LogP contribution is -2.24. The summed E-state index contributed by atoms with van der Waals surface area (Å²) in [6, 6.07) is 5.83. The molecular weight excluding hydrogens is 280 g/mol. The lowest BCUT2D eigenvalue weighted by Gasteiger charge is -2.35. The molecule has 2 aliphatic carbocycles. The van der Waals surface area contributed by atoms with E-state index in [1.54, 1.807) is 5.57 Å². The number of nitrogen functional groups attached to an aromatic ring is 1. The second-order valence-electron chi connectivity index (χ2n) is 6.33. The smallest absolute Gasteiger partial charge is 0.0741 e. The van der Waals surface area contributed by atoms with Gasteiger partial charge in [0.25, 0.3) is 0 Å². The highest BCUT2D eigenvalue weighted by Gasteiger charge is 2.33. The van der Waals surface area contributed by atoms with Gasteiger partial charge in [0.05, 0.1) is 5.52 Å². The van der Waals surface area contributed by atoms with Crippen molar-refractivity contribution < 1.29 is 0 Å². The van der Waals surface area contributed by atoms with Crippen LogP contribution in [0, 0.1) is 5.92 Å². The number of nitrogens with zero attached hydrogens (tertiary/aromatic N) is 1. The van der Waals surface area contributed by atoms with Crippen LogP contribution in [-0.2, 0) is 6.42 Å². The summed E-state index contributed by atoms with van der Waals surface area (Å²) >= 11 is 6.10. The number of hydrogen-bond donors (Lipinski definition) is 1. The Morgan fingerprint density at radius 2 is 2.19 bits per heavy atom. The quantitative estimate of drug-likeness (QED) is 0.764. The van der Waals surface area contributed by atoms with Crippen LogP contribution in [0.5, 0.6) is 0 Å². The van der Waals surface area contributed by atoms with Crippen molar-refractivity contribution in [3.63, 3.8) is 0 Å². The molecule has 2 atom stereocenters. The van der Waals surface area contributed by atoms with Crippen molar-refractivity contribution >= 4 is 28.2 Å². The molecule has 0 spiro atoms. The SMILES string of the molecule is CCC1=C[C@@H]2Cc3nc4cc(Cl)ccc4c(N)c3[C@H](C1)C2. The number of fused-ring (bicyclic) bond motifs is 5. The van der Waals surface area contributed by atoms with E-state index < -0.39 is 0 Å². The Morgan fingerprint density at radius 1 is 1.33 bits per heavy atom. The summed E-state index contributed by atoms with van der Waals surface area (Å²) < 4.78 is 0. The van der Waals surface area contributed by atoms with E-state index in [1.807, 2.05) is 18.2 Å². The summed E-state index contributed by atoms with van der Waals surface area (Å²) in [5, 5.41) is 1.77. The number of halogens is 1. The molecule has 0 fully saturated rings. The van der Waals surface area contributed by atoms with Gasteiger partial charge in [0.15, 0.2) is 0 Å². The zero-order valence-corrected chi connectivity index (χ0v) is 13.0. The van der Waals surface area contributed by atoms with E-state index in [9.17, 15) is 0 Å². The number of anilines is 1. The maximum Gasteiger partial charge on any atom is 0.0741 e. The first-order valence-corrected chi connectivity index (χ1v) is 8.10. The zero-order chi connectivity index (χ0) is 14.6. The Hall–Kier alpha value is -1.54. The Morgan fingerprint density at radius 3 is 3.00 bits per heavy atom. The van der Waals surface area contributed by atoms with Crippen LogP contribution in [0.2, 0.25) is 5.02 Å². The highest BCUT2D eigenvalue weighted by Crippen LogP contribution is 2.47. The molecule has 2 aromatic rings. The van der Waals surface area contributed by atoms with Crippen LogP contribution in [0.4, 0.5) is 5.69 Å². The lowest BCUT2D eigenvalue weighted by molar-refractivity contribution is 0.429. The molecule has 0 amide bonds. The average molecular weight is 299 g/mol. The fourth-order valence-corrected chi connectivity index (χ4v) is 4.22. The van der Waals surface area contributed by atoms with Crippen LogP contribution >= 0.6 is 11.6 Å². The van der Waals surface area contributed by atoms with Crippen LogP contribution < -0.4 is 5.73 Å². The number of rotatable bonds is 1. The summed E-state index contributed by atoms with van der Waals surface area (Å²) in [5.74, 6) is 1.18. The third kappa shape index (κ3) is 2.04. The van der Waals surface area contributed by atoms with E-state index in [1.165, 1.54) is 17.7 Å². The predicted molar refractivity (Wildman–Crippen MR) is 88.7 cm³/mol. The molecule has 1 aromatic heterocycles. The number of nitrogens with two attached hydrogens (primary N) is 1. The topological polar surface area (TPSA) is 38.9 Å². The van der Waals surface area contributed by atoms with E-state index in [4.69, 9.17) is 22.3 Å². The molecule has 4 rings (SSSR count). The third-order valence-corrected chi connectivity index (χ3v) is 5.23. The fourth-order valence-electron chi connectivity index (χ4n) is 4.05. The maximum absolute atomic E-state index is 6.51. The lowest BCUT2D eigenvalue weighted by atomic mass is 9.70. The van der Waals surface area contributed by atoms with Crippen LogP contribution in [0.15, 0.2) is 29.8 Å². The summed E-state index contributed by atoms with van der Waals surface area (Å²) in [7, 11) is 0. The first kappa shape index (κ1) is 13.1. The second kappa shape index (κ2) is 4.74. The van der Waals surface area contributed by atoms with Gasteiger partial charge in [-0.25, -0.2) is 0 Å². The van der Waals surface area contributed by atoms with Gasteiger partial charge in [0.2, 0.25) is 0 Å². The first-order valence-electron chi connectivity index (χ1n) is 7.72. The molecule has 3 heteroatoms. The van der Waals surface area contributed by atoms with Crippen molar-refractivity contribution in [1.29, 1.82) is 0 Å². The number of allylic oxidation sites excluding steroid dienone is 2. The van der Waals surface area contributed by atoms with Gasteiger partial charge in [-0.3, -0.25) is 4.98 Å². The number of hydrogen-bond acceptors (Lipinski definition) is 2. The van der Waals surface area contributed by atoms with Gasteiger partial charge in [-0.1, -0.05) is 30.2 Å². The van der Waals surface area contributed by atoms with Crippen molar-refractivity contribution in [2.24, 2.45) is 5.92 Å². The van der Waals surface area contributed by atoms with Crippen molar-refractivity contribution in [2.75, 3.05) is 5.73 Å². The summed E-state index contributed by atoms with van der Waals surface area (Å²) in [5.41, 5.74) is 12.4. The number of aromatic nitrogens is 1. The Kier molecular flexibility index (Phi) is 2.97. The standard InChI is InChI=1S/C18H19ClN2/c1-2-10-5-11-7-12(6-10)17-16(8-11)21-15-9-13(19)3-4-14(15)18(17)20/h3-5,9,11-12H,2,6-8H2,1H3,(H2,20,21)/t11-,12+/m0/s1. The van der Waals surface area contributed by atoms with Gasteiger partial charge >= 0.3 is 0 Å². The van der Waals surface area contributed by atoms with E-state index in [-0.39, 0.29) is 0 Å². The third-order valence-electron chi connectivity index (χ3n) is 4.99. The maximum atomic E-state index is 6.51. The van der Waals surface area contributed by atoms with E-state index in [2.05, 4.69) is 13.0 Å². The highest BCUT2D eigenvalue weighted by atomic mass is 35.5. The molecule has 2 aliphatic rings.